The molecule has 1 aliphatic rings. The minimum absolute atomic E-state index is 0.0247. The first-order valence-corrected chi connectivity index (χ1v) is 8.42. The fourth-order valence-corrected chi connectivity index (χ4v) is 2.58. The zero-order valence-corrected chi connectivity index (χ0v) is 14.9. The SMILES string of the molecule is C/C=C(\C=C(\O)C1C=CC(C)(CCC=C(C)C)OC1)CCC. The van der Waals surface area contributed by atoms with Crippen LogP contribution < -0.4 is 0 Å². The number of ether oxygens (including phenoxy) is 1. The quantitative estimate of drug-likeness (QED) is 0.361. The van der Waals surface area contributed by atoms with Gasteiger partial charge in [0.25, 0.3) is 0 Å². The predicted molar refractivity (Wildman–Crippen MR) is 95.0 cm³/mol. The Morgan fingerprint density at radius 2 is 2.14 bits per heavy atom. The molecule has 0 aromatic rings. The lowest BCUT2D eigenvalue weighted by Gasteiger charge is -2.32. The molecule has 0 fully saturated rings. The second-order valence-electron chi connectivity index (χ2n) is 6.59. The Hall–Kier alpha value is -1.28. The maximum absolute atomic E-state index is 10.3. The number of hydrogen-bond donors (Lipinski definition) is 1. The number of aliphatic hydroxyl groups is 1. The highest BCUT2D eigenvalue weighted by atomic mass is 16.5. The van der Waals surface area contributed by atoms with Crippen molar-refractivity contribution in [2.75, 3.05) is 6.61 Å². The smallest absolute Gasteiger partial charge is 0.102 e. The van der Waals surface area contributed by atoms with E-state index < -0.39 is 0 Å². The van der Waals surface area contributed by atoms with Gasteiger partial charge in [-0.1, -0.05) is 43.2 Å². The molecule has 0 bridgehead atoms. The molecule has 1 aliphatic heterocycles. The molecule has 2 nitrogen and oxygen atoms in total. The summed E-state index contributed by atoms with van der Waals surface area (Å²) in [5.74, 6) is 0.382. The van der Waals surface area contributed by atoms with E-state index in [2.05, 4.69) is 52.0 Å². The summed E-state index contributed by atoms with van der Waals surface area (Å²) >= 11 is 0. The first-order chi connectivity index (χ1) is 10.4. The summed E-state index contributed by atoms with van der Waals surface area (Å²) in [7, 11) is 0. The molecule has 1 N–H and O–H groups in total. The number of rotatable bonds is 7. The molecule has 0 amide bonds. The summed E-state index contributed by atoms with van der Waals surface area (Å²) < 4.78 is 6.02. The maximum Gasteiger partial charge on any atom is 0.102 e. The Bertz CT molecular complexity index is 464. The Labute approximate surface area is 136 Å². The van der Waals surface area contributed by atoms with Crippen LogP contribution >= 0.6 is 0 Å². The third-order valence-corrected chi connectivity index (χ3v) is 4.09. The Kier molecular flexibility index (Phi) is 7.67. The molecule has 0 aromatic heterocycles. The average Bonchev–Trinajstić information content (AvgIpc) is 2.46. The van der Waals surface area contributed by atoms with E-state index in [4.69, 9.17) is 4.74 Å². The molecule has 2 heteroatoms. The first-order valence-electron chi connectivity index (χ1n) is 8.42. The fourth-order valence-electron chi connectivity index (χ4n) is 2.58. The van der Waals surface area contributed by atoms with Crippen molar-refractivity contribution in [1.29, 1.82) is 0 Å². The summed E-state index contributed by atoms with van der Waals surface area (Å²) in [6.07, 6.45) is 14.5. The van der Waals surface area contributed by atoms with Crippen LogP contribution in [0, 0.1) is 5.92 Å². The molecule has 0 aromatic carbocycles. The molecular weight excluding hydrogens is 272 g/mol. The van der Waals surface area contributed by atoms with Gasteiger partial charge in [0, 0.05) is 0 Å². The van der Waals surface area contributed by atoms with E-state index in [-0.39, 0.29) is 11.5 Å². The van der Waals surface area contributed by atoms with Gasteiger partial charge in [0.2, 0.25) is 0 Å². The Morgan fingerprint density at radius 3 is 2.64 bits per heavy atom. The van der Waals surface area contributed by atoms with Crippen molar-refractivity contribution in [1.82, 2.24) is 0 Å². The molecule has 1 heterocycles. The molecule has 0 spiro atoms. The van der Waals surface area contributed by atoms with Crippen LogP contribution in [0.4, 0.5) is 0 Å². The standard InChI is InChI=1S/C20H32O2/c1-6-9-17(7-2)14-19(21)18-11-13-20(5,22-15-18)12-8-10-16(3)4/h7,10-11,13-14,18,21H,6,8-9,12,15H2,1-5H3/b17-7-,19-14+. The van der Waals surface area contributed by atoms with E-state index in [0.29, 0.717) is 12.4 Å². The molecular formula is C20H32O2. The van der Waals surface area contributed by atoms with Crippen LogP contribution in [0.25, 0.3) is 0 Å². The van der Waals surface area contributed by atoms with Gasteiger partial charge in [-0.3, -0.25) is 0 Å². The normalized spacial score (nSPS) is 26.1. The van der Waals surface area contributed by atoms with E-state index in [9.17, 15) is 5.11 Å². The molecule has 1 rings (SSSR count). The summed E-state index contributed by atoms with van der Waals surface area (Å²) in [6, 6.07) is 0. The zero-order chi connectivity index (χ0) is 16.6. The zero-order valence-electron chi connectivity index (χ0n) is 14.9. The molecule has 0 saturated carbocycles. The van der Waals surface area contributed by atoms with E-state index in [1.54, 1.807) is 0 Å². The van der Waals surface area contributed by atoms with Crippen molar-refractivity contribution >= 4 is 0 Å². The number of hydrogen-bond acceptors (Lipinski definition) is 2. The monoisotopic (exact) mass is 304 g/mol. The Morgan fingerprint density at radius 1 is 1.41 bits per heavy atom. The van der Waals surface area contributed by atoms with E-state index in [1.807, 2.05) is 13.0 Å². The highest BCUT2D eigenvalue weighted by Gasteiger charge is 2.28. The largest absolute Gasteiger partial charge is 0.512 e. The molecule has 0 saturated heterocycles. The summed E-state index contributed by atoms with van der Waals surface area (Å²) in [5.41, 5.74) is 2.32. The second-order valence-corrected chi connectivity index (χ2v) is 6.59. The van der Waals surface area contributed by atoms with Gasteiger partial charge in [-0.15, -0.1) is 0 Å². The van der Waals surface area contributed by atoms with Crippen molar-refractivity contribution in [3.8, 4) is 0 Å². The molecule has 2 atom stereocenters. The van der Waals surface area contributed by atoms with Crippen molar-refractivity contribution in [2.45, 2.75) is 65.9 Å². The first kappa shape index (κ1) is 18.8. The minimum Gasteiger partial charge on any atom is -0.512 e. The minimum atomic E-state index is -0.213. The lowest BCUT2D eigenvalue weighted by molar-refractivity contribution is -0.0227. The fraction of sp³-hybridized carbons (Fsp3) is 0.600. The van der Waals surface area contributed by atoms with Gasteiger partial charge in [0.1, 0.15) is 5.76 Å². The third-order valence-electron chi connectivity index (χ3n) is 4.09. The highest BCUT2D eigenvalue weighted by Crippen LogP contribution is 2.29. The van der Waals surface area contributed by atoms with E-state index >= 15 is 0 Å². The van der Waals surface area contributed by atoms with E-state index in [0.717, 1.165) is 25.7 Å². The van der Waals surface area contributed by atoms with Crippen LogP contribution in [-0.2, 0) is 4.74 Å². The number of allylic oxidation sites excluding steroid dienone is 5. The van der Waals surface area contributed by atoms with Gasteiger partial charge in [-0.2, -0.15) is 0 Å². The van der Waals surface area contributed by atoms with Crippen LogP contribution in [0.3, 0.4) is 0 Å². The van der Waals surface area contributed by atoms with Crippen LogP contribution in [0.1, 0.15) is 60.3 Å². The van der Waals surface area contributed by atoms with Gasteiger partial charge in [-0.25, -0.2) is 0 Å². The predicted octanol–water partition coefficient (Wildman–Crippen LogP) is 5.88. The summed E-state index contributed by atoms with van der Waals surface area (Å²) in [4.78, 5) is 0. The summed E-state index contributed by atoms with van der Waals surface area (Å²) in [6.45, 7) is 11.1. The average molecular weight is 304 g/mol. The van der Waals surface area contributed by atoms with Gasteiger partial charge in [0.05, 0.1) is 18.1 Å². The molecule has 2 unspecified atom stereocenters. The van der Waals surface area contributed by atoms with Crippen molar-refractivity contribution in [3.05, 3.63) is 47.3 Å². The lowest BCUT2D eigenvalue weighted by Crippen LogP contribution is -2.32. The van der Waals surface area contributed by atoms with Crippen LogP contribution in [0.15, 0.2) is 47.3 Å². The molecule has 22 heavy (non-hydrogen) atoms. The van der Waals surface area contributed by atoms with Crippen LogP contribution in [0.2, 0.25) is 0 Å². The van der Waals surface area contributed by atoms with Crippen molar-refractivity contribution in [2.24, 2.45) is 5.92 Å². The number of aliphatic hydroxyl groups excluding tert-OH is 1. The molecule has 0 radical (unpaired) electrons. The Balaban J connectivity index is 2.66. The van der Waals surface area contributed by atoms with Crippen molar-refractivity contribution in [3.63, 3.8) is 0 Å². The lowest BCUT2D eigenvalue weighted by atomic mass is 9.92. The van der Waals surface area contributed by atoms with Crippen molar-refractivity contribution < 1.29 is 9.84 Å². The van der Waals surface area contributed by atoms with Gasteiger partial charge in [0.15, 0.2) is 0 Å². The third kappa shape index (κ3) is 6.23. The highest BCUT2D eigenvalue weighted by molar-refractivity contribution is 5.24. The summed E-state index contributed by atoms with van der Waals surface area (Å²) in [5, 5.41) is 10.3. The van der Waals surface area contributed by atoms with Gasteiger partial charge >= 0.3 is 0 Å². The van der Waals surface area contributed by atoms with E-state index in [1.165, 1.54) is 11.1 Å². The van der Waals surface area contributed by atoms with Gasteiger partial charge < -0.3 is 9.84 Å². The maximum atomic E-state index is 10.3. The molecule has 0 aliphatic carbocycles. The second kappa shape index (κ2) is 8.99. The topological polar surface area (TPSA) is 29.5 Å². The van der Waals surface area contributed by atoms with Gasteiger partial charge in [-0.05, 0) is 58.6 Å². The molecule has 124 valence electrons. The van der Waals surface area contributed by atoms with Crippen LogP contribution in [-0.4, -0.2) is 17.3 Å². The van der Waals surface area contributed by atoms with Crippen LogP contribution in [0.5, 0.6) is 0 Å².